The molecule has 4 rings (SSSR count). The number of nitrogens with one attached hydrogen (secondary N) is 1. The van der Waals surface area contributed by atoms with Crippen molar-refractivity contribution in [2.24, 2.45) is 0 Å². The van der Waals surface area contributed by atoms with Gasteiger partial charge >= 0.3 is 0 Å². The van der Waals surface area contributed by atoms with E-state index in [1.807, 2.05) is 42.8 Å². The minimum atomic E-state index is -0.396. The van der Waals surface area contributed by atoms with Crippen molar-refractivity contribution in [2.45, 2.75) is 26.9 Å². The molecule has 0 radical (unpaired) electrons. The van der Waals surface area contributed by atoms with E-state index in [4.69, 9.17) is 0 Å². The second-order valence-corrected chi connectivity index (χ2v) is 7.18. The summed E-state index contributed by atoms with van der Waals surface area (Å²) in [6.07, 6.45) is 1.57. The van der Waals surface area contributed by atoms with E-state index in [2.05, 4.69) is 21.6 Å². The Morgan fingerprint density at radius 1 is 1.00 bits per heavy atom. The van der Waals surface area contributed by atoms with Crippen molar-refractivity contribution in [1.82, 2.24) is 24.9 Å². The molecule has 152 valence electrons. The van der Waals surface area contributed by atoms with E-state index in [1.165, 1.54) is 10.7 Å². The van der Waals surface area contributed by atoms with Gasteiger partial charge in [0, 0.05) is 18.4 Å². The van der Waals surface area contributed by atoms with Gasteiger partial charge in [0.05, 0.1) is 12.2 Å². The maximum atomic E-state index is 13.9. The van der Waals surface area contributed by atoms with Crippen LogP contribution in [0.1, 0.15) is 33.0 Å². The Balaban J connectivity index is 1.41. The van der Waals surface area contributed by atoms with Crippen LogP contribution in [-0.2, 0) is 13.1 Å². The maximum absolute atomic E-state index is 13.9. The van der Waals surface area contributed by atoms with Gasteiger partial charge in [-0.15, -0.1) is 0 Å². The van der Waals surface area contributed by atoms with Crippen LogP contribution in [0.2, 0.25) is 0 Å². The Hall–Kier alpha value is -3.74. The molecule has 0 aliphatic rings. The first-order valence-electron chi connectivity index (χ1n) is 9.67. The van der Waals surface area contributed by atoms with Crippen LogP contribution in [0.15, 0.2) is 66.9 Å². The summed E-state index contributed by atoms with van der Waals surface area (Å²) >= 11 is 0. The number of benzene rings is 2. The van der Waals surface area contributed by atoms with Crippen LogP contribution >= 0.6 is 0 Å². The third-order valence-electron chi connectivity index (χ3n) is 4.80. The Morgan fingerprint density at radius 3 is 2.57 bits per heavy atom. The fourth-order valence-electron chi connectivity index (χ4n) is 3.34. The average molecular weight is 403 g/mol. The first kappa shape index (κ1) is 19.6. The number of halogens is 1. The molecule has 2 aromatic carbocycles. The standard InChI is InChI=1S/C23H22FN5O/c1-16-12-17(2)29(26-16)15-19-7-5-6-18(13-19)14-25-23(30)21-10-11-28(27-21)22-9-4-3-8-20(22)24/h3-13H,14-15H2,1-2H3,(H,25,30). The number of carbonyl (C=O) groups is 1. The van der Waals surface area contributed by atoms with Crippen LogP contribution in [0, 0.1) is 19.7 Å². The van der Waals surface area contributed by atoms with Gasteiger partial charge in [-0.05, 0) is 49.2 Å². The molecule has 1 amide bonds. The molecule has 0 saturated heterocycles. The van der Waals surface area contributed by atoms with Crippen LogP contribution < -0.4 is 5.32 Å². The van der Waals surface area contributed by atoms with Gasteiger partial charge in [0.2, 0.25) is 0 Å². The molecule has 0 saturated carbocycles. The highest BCUT2D eigenvalue weighted by Gasteiger charge is 2.12. The van der Waals surface area contributed by atoms with E-state index in [9.17, 15) is 9.18 Å². The summed E-state index contributed by atoms with van der Waals surface area (Å²) < 4.78 is 17.2. The highest BCUT2D eigenvalue weighted by molar-refractivity contribution is 5.92. The molecule has 7 heteroatoms. The van der Waals surface area contributed by atoms with E-state index in [0.717, 1.165) is 22.5 Å². The summed E-state index contributed by atoms with van der Waals surface area (Å²) in [5.74, 6) is -0.707. The zero-order chi connectivity index (χ0) is 21.1. The lowest BCUT2D eigenvalue weighted by Gasteiger charge is -2.08. The molecule has 2 aromatic heterocycles. The highest BCUT2D eigenvalue weighted by Crippen LogP contribution is 2.13. The van der Waals surface area contributed by atoms with Crippen LogP contribution in [0.5, 0.6) is 0 Å². The lowest BCUT2D eigenvalue weighted by atomic mass is 10.1. The predicted octanol–water partition coefficient (Wildman–Crippen LogP) is 3.80. The van der Waals surface area contributed by atoms with Crippen molar-refractivity contribution >= 4 is 5.91 Å². The molecule has 0 spiro atoms. The molecule has 1 N–H and O–H groups in total. The SMILES string of the molecule is Cc1cc(C)n(Cc2cccc(CNC(=O)c3ccn(-c4ccccc4F)n3)c2)n1. The molecule has 30 heavy (non-hydrogen) atoms. The maximum Gasteiger partial charge on any atom is 0.272 e. The molecule has 0 bridgehead atoms. The number of hydrogen-bond donors (Lipinski definition) is 1. The predicted molar refractivity (Wildman–Crippen MR) is 112 cm³/mol. The summed E-state index contributed by atoms with van der Waals surface area (Å²) in [6, 6.07) is 17.9. The van der Waals surface area contributed by atoms with Crippen molar-refractivity contribution in [3.05, 3.63) is 101 Å². The summed E-state index contributed by atoms with van der Waals surface area (Å²) in [7, 11) is 0. The second kappa shape index (κ2) is 8.32. The smallest absolute Gasteiger partial charge is 0.272 e. The molecule has 2 heterocycles. The van der Waals surface area contributed by atoms with Gasteiger partial charge in [-0.2, -0.15) is 10.2 Å². The van der Waals surface area contributed by atoms with Crippen molar-refractivity contribution in [1.29, 1.82) is 0 Å². The fourth-order valence-corrected chi connectivity index (χ4v) is 3.34. The number of carbonyl (C=O) groups excluding carboxylic acids is 1. The zero-order valence-electron chi connectivity index (χ0n) is 16.8. The van der Waals surface area contributed by atoms with Crippen molar-refractivity contribution in [3.63, 3.8) is 0 Å². The van der Waals surface area contributed by atoms with Gasteiger partial charge in [0.25, 0.3) is 5.91 Å². The van der Waals surface area contributed by atoms with E-state index in [1.54, 1.807) is 30.5 Å². The van der Waals surface area contributed by atoms with E-state index in [-0.39, 0.29) is 11.6 Å². The number of aromatic nitrogens is 4. The first-order chi connectivity index (χ1) is 14.5. The summed E-state index contributed by atoms with van der Waals surface area (Å²) in [5, 5.41) is 11.6. The van der Waals surface area contributed by atoms with E-state index in [0.29, 0.717) is 18.8 Å². The first-order valence-corrected chi connectivity index (χ1v) is 9.67. The van der Waals surface area contributed by atoms with Gasteiger partial charge in [-0.3, -0.25) is 9.48 Å². The van der Waals surface area contributed by atoms with Crippen LogP contribution in [0.3, 0.4) is 0 Å². The topological polar surface area (TPSA) is 64.7 Å². The molecular formula is C23H22FN5O. The Labute approximate surface area is 174 Å². The molecule has 0 atom stereocenters. The minimum Gasteiger partial charge on any atom is -0.347 e. The normalized spacial score (nSPS) is 10.9. The minimum absolute atomic E-state index is 0.233. The molecule has 0 unspecified atom stereocenters. The summed E-state index contributed by atoms with van der Waals surface area (Å²) in [4.78, 5) is 12.5. The monoisotopic (exact) mass is 403 g/mol. The molecular weight excluding hydrogens is 381 g/mol. The van der Waals surface area contributed by atoms with Crippen molar-refractivity contribution in [2.75, 3.05) is 0 Å². The Kier molecular flexibility index (Phi) is 5.43. The number of hydrogen-bond acceptors (Lipinski definition) is 3. The fraction of sp³-hybridized carbons (Fsp3) is 0.174. The number of nitrogens with zero attached hydrogens (tertiary/aromatic N) is 4. The largest absolute Gasteiger partial charge is 0.347 e. The lowest BCUT2D eigenvalue weighted by molar-refractivity contribution is 0.0945. The van der Waals surface area contributed by atoms with Gasteiger partial charge in [-0.25, -0.2) is 9.07 Å². The Bertz CT molecular complexity index is 1190. The molecule has 6 nitrogen and oxygen atoms in total. The highest BCUT2D eigenvalue weighted by atomic mass is 19.1. The number of amides is 1. The number of para-hydroxylation sites is 1. The van der Waals surface area contributed by atoms with Crippen molar-refractivity contribution in [3.8, 4) is 5.69 Å². The quantitative estimate of drug-likeness (QED) is 0.533. The number of aryl methyl sites for hydroxylation is 2. The zero-order valence-corrected chi connectivity index (χ0v) is 16.8. The van der Waals surface area contributed by atoms with E-state index < -0.39 is 5.82 Å². The van der Waals surface area contributed by atoms with Gasteiger partial charge in [0.15, 0.2) is 5.69 Å². The molecule has 0 aliphatic heterocycles. The van der Waals surface area contributed by atoms with Gasteiger partial charge in [-0.1, -0.05) is 36.4 Å². The number of rotatable bonds is 6. The average Bonchev–Trinajstić information content (AvgIpc) is 3.33. The van der Waals surface area contributed by atoms with Crippen LogP contribution in [0.25, 0.3) is 5.69 Å². The molecule has 0 fully saturated rings. The lowest BCUT2D eigenvalue weighted by Crippen LogP contribution is -2.23. The van der Waals surface area contributed by atoms with Crippen LogP contribution in [0.4, 0.5) is 4.39 Å². The molecule has 0 aliphatic carbocycles. The van der Waals surface area contributed by atoms with Gasteiger partial charge in [0.1, 0.15) is 11.5 Å². The second-order valence-electron chi connectivity index (χ2n) is 7.18. The van der Waals surface area contributed by atoms with Crippen molar-refractivity contribution < 1.29 is 9.18 Å². The van der Waals surface area contributed by atoms with Gasteiger partial charge < -0.3 is 5.32 Å². The Morgan fingerprint density at radius 2 is 1.80 bits per heavy atom. The third kappa shape index (κ3) is 4.30. The summed E-state index contributed by atoms with van der Waals surface area (Å²) in [6.45, 7) is 5.05. The summed E-state index contributed by atoms with van der Waals surface area (Å²) in [5.41, 5.74) is 4.72. The van der Waals surface area contributed by atoms with E-state index >= 15 is 0 Å². The molecule has 4 aromatic rings. The van der Waals surface area contributed by atoms with Crippen LogP contribution in [-0.4, -0.2) is 25.5 Å². The third-order valence-corrected chi connectivity index (χ3v) is 4.80.